The van der Waals surface area contributed by atoms with Crippen LogP contribution in [0.2, 0.25) is 5.02 Å². The van der Waals surface area contributed by atoms with Crippen molar-refractivity contribution < 1.29 is 4.79 Å². The second kappa shape index (κ2) is 5.79. The van der Waals surface area contributed by atoms with E-state index in [0.717, 1.165) is 4.47 Å². The monoisotopic (exact) mass is 285 g/mol. The first-order valence-electron chi connectivity index (χ1n) is 4.28. The van der Waals surface area contributed by atoms with E-state index in [1.807, 2.05) is 0 Å². The fourth-order valence-electron chi connectivity index (χ4n) is 0.980. The highest BCUT2D eigenvalue weighted by atomic mass is 79.9. The molecule has 1 rings (SSSR count). The molecule has 1 amide bonds. The second-order valence-corrected chi connectivity index (χ2v) is 4.06. The molecule has 0 unspecified atom stereocenters. The molecule has 0 aliphatic heterocycles. The molecular formula is C11H9BrClNO. The van der Waals surface area contributed by atoms with Crippen LogP contribution in [0.5, 0.6) is 0 Å². The van der Waals surface area contributed by atoms with Crippen molar-refractivity contribution in [3.05, 3.63) is 33.3 Å². The maximum Gasteiger partial charge on any atom is 0.253 e. The highest BCUT2D eigenvalue weighted by Crippen LogP contribution is 2.20. The van der Waals surface area contributed by atoms with Crippen molar-refractivity contribution in [2.45, 2.75) is 6.92 Å². The molecule has 4 heteroatoms. The predicted octanol–water partition coefficient (Wildman–Crippen LogP) is 2.86. The zero-order valence-corrected chi connectivity index (χ0v) is 10.4. The average molecular weight is 287 g/mol. The SMILES string of the molecule is CC#CCNC(=O)c1cc(Br)ccc1Cl. The number of carbonyl (C=O) groups is 1. The van der Waals surface area contributed by atoms with Crippen molar-refractivity contribution in [3.8, 4) is 11.8 Å². The Bertz CT molecular complexity index is 434. The molecule has 0 heterocycles. The Hall–Kier alpha value is -0.980. The molecule has 0 atom stereocenters. The van der Waals surface area contributed by atoms with Crippen LogP contribution in [-0.2, 0) is 0 Å². The van der Waals surface area contributed by atoms with E-state index in [0.29, 0.717) is 17.1 Å². The molecule has 0 bridgehead atoms. The van der Waals surface area contributed by atoms with Crippen LogP contribution in [0.25, 0.3) is 0 Å². The minimum absolute atomic E-state index is 0.218. The van der Waals surface area contributed by atoms with Gasteiger partial charge in [-0.2, -0.15) is 0 Å². The first-order valence-corrected chi connectivity index (χ1v) is 5.45. The van der Waals surface area contributed by atoms with Gasteiger partial charge in [-0.15, -0.1) is 5.92 Å². The fourth-order valence-corrected chi connectivity index (χ4v) is 1.54. The van der Waals surface area contributed by atoms with Gasteiger partial charge in [0, 0.05) is 4.47 Å². The van der Waals surface area contributed by atoms with E-state index in [4.69, 9.17) is 11.6 Å². The predicted molar refractivity (Wildman–Crippen MR) is 64.9 cm³/mol. The van der Waals surface area contributed by atoms with E-state index in [-0.39, 0.29) is 5.91 Å². The van der Waals surface area contributed by atoms with E-state index in [2.05, 4.69) is 33.1 Å². The molecule has 0 saturated heterocycles. The average Bonchev–Trinajstić information content (AvgIpc) is 2.22. The van der Waals surface area contributed by atoms with Crippen molar-refractivity contribution in [3.63, 3.8) is 0 Å². The minimum atomic E-state index is -0.218. The number of amides is 1. The summed E-state index contributed by atoms with van der Waals surface area (Å²) in [5.41, 5.74) is 0.448. The van der Waals surface area contributed by atoms with Gasteiger partial charge in [0.05, 0.1) is 17.1 Å². The summed E-state index contributed by atoms with van der Waals surface area (Å²) in [6.07, 6.45) is 0. The summed E-state index contributed by atoms with van der Waals surface area (Å²) in [4.78, 5) is 11.6. The molecular weight excluding hydrogens is 277 g/mol. The molecule has 0 spiro atoms. The number of hydrogen-bond acceptors (Lipinski definition) is 1. The zero-order chi connectivity index (χ0) is 11.3. The van der Waals surface area contributed by atoms with Crippen LogP contribution in [0.3, 0.4) is 0 Å². The minimum Gasteiger partial charge on any atom is -0.341 e. The van der Waals surface area contributed by atoms with Crippen LogP contribution < -0.4 is 5.32 Å². The van der Waals surface area contributed by atoms with Crippen LogP contribution in [0.4, 0.5) is 0 Å². The normalized spacial score (nSPS) is 9.00. The maximum absolute atomic E-state index is 11.6. The van der Waals surface area contributed by atoms with E-state index in [9.17, 15) is 4.79 Å². The van der Waals surface area contributed by atoms with Gasteiger partial charge in [0.15, 0.2) is 0 Å². The molecule has 0 fully saturated rings. The largest absolute Gasteiger partial charge is 0.341 e. The molecule has 2 nitrogen and oxygen atoms in total. The Morgan fingerprint density at radius 3 is 3.00 bits per heavy atom. The lowest BCUT2D eigenvalue weighted by Crippen LogP contribution is -2.23. The highest BCUT2D eigenvalue weighted by Gasteiger charge is 2.09. The maximum atomic E-state index is 11.6. The van der Waals surface area contributed by atoms with Crippen LogP contribution in [0.15, 0.2) is 22.7 Å². The van der Waals surface area contributed by atoms with Crippen LogP contribution in [-0.4, -0.2) is 12.5 Å². The third kappa shape index (κ3) is 3.58. The molecule has 1 aromatic carbocycles. The van der Waals surface area contributed by atoms with Crippen LogP contribution in [0.1, 0.15) is 17.3 Å². The Morgan fingerprint density at radius 1 is 1.60 bits per heavy atom. The molecule has 0 aliphatic carbocycles. The van der Waals surface area contributed by atoms with Gasteiger partial charge in [-0.05, 0) is 25.1 Å². The third-order valence-corrected chi connectivity index (χ3v) is 2.51. The third-order valence-electron chi connectivity index (χ3n) is 1.69. The van der Waals surface area contributed by atoms with Gasteiger partial charge in [0.25, 0.3) is 5.91 Å². The van der Waals surface area contributed by atoms with Crippen molar-refractivity contribution >= 4 is 33.4 Å². The number of benzene rings is 1. The topological polar surface area (TPSA) is 29.1 Å². The summed E-state index contributed by atoms with van der Waals surface area (Å²) in [5, 5.41) is 3.08. The number of halogens is 2. The van der Waals surface area contributed by atoms with Gasteiger partial charge >= 0.3 is 0 Å². The smallest absolute Gasteiger partial charge is 0.253 e. The van der Waals surface area contributed by atoms with Gasteiger partial charge in [0.2, 0.25) is 0 Å². The van der Waals surface area contributed by atoms with E-state index >= 15 is 0 Å². The quantitative estimate of drug-likeness (QED) is 0.832. The highest BCUT2D eigenvalue weighted by molar-refractivity contribution is 9.10. The summed E-state index contributed by atoms with van der Waals surface area (Å²) < 4.78 is 0.818. The lowest BCUT2D eigenvalue weighted by atomic mass is 10.2. The van der Waals surface area contributed by atoms with E-state index in [1.54, 1.807) is 25.1 Å². The molecule has 0 aromatic heterocycles. The van der Waals surface area contributed by atoms with Gasteiger partial charge < -0.3 is 5.32 Å². The first kappa shape index (κ1) is 12.1. The van der Waals surface area contributed by atoms with Crippen molar-refractivity contribution in [1.82, 2.24) is 5.32 Å². The van der Waals surface area contributed by atoms with Crippen LogP contribution >= 0.6 is 27.5 Å². The standard InChI is InChI=1S/C11H9BrClNO/c1-2-3-6-14-11(15)9-7-8(12)4-5-10(9)13/h4-5,7H,6H2,1H3,(H,14,15). The molecule has 0 saturated carbocycles. The summed E-state index contributed by atoms with van der Waals surface area (Å²) in [6.45, 7) is 2.05. The molecule has 1 N–H and O–H groups in total. The molecule has 0 radical (unpaired) electrons. The fraction of sp³-hybridized carbons (Fsp3) is 0.182. The Balaban J connectivity index is 2.80. The van der Waals surface area contributed by atoms with Crippen LogP contribution in [0, 0.1) is 11.8 Å². The van der Waals surface area contributed by atoms with Gasteiger partial charge in [-0.1, -0.05) is 33.5 Å². The van der Waals surface area contributed by atoms with E-state index in [1.165, 1.54) is 0 Å². The zero-order valence-electron chi connectivity index (χ0n) is 8.10. The number of nitrogens with one attached hydrogen (secondary N) is 1. The molecule has 1 aromatic rings. The number of carbonyl (C=O) groups excluding carboxylic acids is 1. The van der Waals surface area contributed by atoms with Crippen molar-refractivity contribution in [2.24, 2.45) is 0 Å². The second-order valence-electron chi connectivity index (χ2n) is 2.73. The molecule has 78 valence electrons. The lowest BCUT2D eigenvalue weighted by molar-refractivity contribution is 0.0959. The summed E-state index contributed by atoms with van der Waals surface area (Å²) >= 11 is 9.17. The van der Waals surface area contributed by atoms with Crippen molar-refractivity contribution in [2.75, 3.05) is 6.54 Å². The number of rotatable bonds is 2. The Morgan fingerprint density at radius 2 is 2.33 bits per heavy atom. The van der Waals surface area contributed by atoms with Gasteiger partial charge in [-0.25, -0.2) is 0 Å². The van der Waals surface area contributed by atoms with Gasteiger partial charge in [0.1, 0.15) is 0 Å². The number of hydrogen-bond donors (Lipinski definition) is 1. The summed E-state index contributed by atoms with van der Waals surface area (Å²) in [7, 11) is 0. The van der Waals surface area contributed by atoms with Gasteiger partial charge in [-0.3, -0.25) is 4.79 Å². The van der Waals surface area contributed by atoms with Crippen molar-refractivity contribution in [1.29, 1.82) is 0 Å². The lowest BCUT2D eigenvalue weighted by Gasteiger charge is -2.04. The Labute approximate surface area is 102 Å². The first-order chi connectivity index (χ1) is 7.15. The Kier molecular flexibility index (Phi) is 4.67. The van der Waals surface area contributed by atoms with E-state index < -0.39 is 0 Å². The summed E-state index contributed by atoms with van der Waals surface area (Å²) in [6, 6.07) is 5.13. The molecule has 0 aliphatic rings. The molecule has 15 heavy (non-hydrogen) atoms. The summed E-state index contributed by atoms with van der Waals surface area (Å²) in [5.74, 6) is 5.22.